The topological polar surface area (TPSA) is 104 Å². The van der Waals surface area contributed by atoms with Crippen LogP contribution in [0.2, 0.25) is 0 Å². The monoisotopic (exact) mass is 282 g/mol. The number of aromatic nitrogens is 2. The summed E-state index contributed by atoms with van der Waals surface area (Å²) < 4.78 is 5.58. The molecule has 0 aliphatic rings. The van der Waals surface area contributed by atoms with E-state index < -0.39 is 4.92 Å². The number of hydrogen-bond donors (Lipinski definition) is 1. The van der Waals surface area contributed by atoms with Crippen molar-refractivity contribution in [1.29, 1.82) is 0 Å². The normalized spacial score (nSPS) is 12.2. The summed E-state index contributed by atoms with van der Waals surface area (Å²) in [5, 5.41) is 11.0. The molecule has 112 valence electrons. The van der Waals surface area contributed by atoms with Crippen LogP contribution in [0.25, 0.3) is 0 Å². The number of ether oxygens (including phenoxy) is 1. The predicted molar refractivity (Wildman–Crippen MR) is 76.7 cm³/mol. The Bertz CT molecular complexity index is 465. The number of anilines is 1. The van der Waals surface area contributed by atoms with Crippen molar-refractivity contribution >= 4 is 11.6 Å². The first kappa shape index (κ1) is 16.1. The van der Waals surface area contributed by atoms with Crippen LogP contribution in [-0.2, 0) is 0 Å². The van der Waals surface area contributed by atoms with Gasteiger partial charge in [0.25, 0.3) is 5.88 Å². The molecule has 0 aliphatic carbocycles. The van der Waals surface area contributed by atoms with Crippen LogP contribution in [0.1, 0.15) is 51.6 Å². The Morgan fingerprint density at radius 2 is 2.05 bits per heavy atom. The van der Waals surface area contributed by atoms with Crippen molar-refractivity contribution in [2.45, 2.75) is 59.0 Å². The Hall–Kier alpha value is -1.92. The smallest absolute Gasteiger partial charge is 0.352 e. The van der Waals surface area contributed by atoms with Gasteiger partial charge in [0.2, 0.25) is 5.95 Å². The van der Waals surface area contributed by atoms with E-state index >= 15 is 0 Å². The van der Waals surface area contributed by atoms with Crippen LogP contribution in [-0.4, -0.2) is 21.0 Å². The third-order valence-corrected chi connectivity index (χ3v) is 3.00. The van der Waals surface area contributed by atoms with E-state index in [9.17, 15) is 10.1 Å². The molecule has 2 N–H and O–H groups in total. The second-order valence-electron chi connectivity index (χ2n) is 4.86. The number of nitrogens with zero attached hydrogens (tertiary/aromatic N) is 3. The number of hydrogen-bond acceptors (Lipinski definition) is 6. The summed E-state index contributed by atoms with van der Waals surface area (Å²) in [4.78, 5) is 18.1. The zero-order valence-electron chi connectivity index (χ0n) is 12.3. The third-order valence-electron chi connectivity index (χ3n) is 3.00. The molecule has 1 aromatic rings. The van der Waals surface area contributed by atoms with E-state index in [1.165, 1.54) is 19.8 Å². The number of unbranched alkanes of at least 4 members (excludes halogenated alkanes) is 3. The fourth-order valence-electron chi connectivity index (χ4n) is 1.96. The third kappa shape index (κ3) is 4.64. The van der Waals surface area contributed by atoms with Gasteiger partial charge in [-0.05, 0) is 26.7 Å². The van der Waals surface area contributed by atoms with Gasteiger partial charge in [0.05, 0.1) is 11.0 Å². The summed E-state index contributed by atoms with van der Waals surface area (Å²) >= 11 is 0. The molecule has 20 heavy (non-hydrogen) atoms. The van der Waals surface area contributed by atoms with Gasteiger partial charge in [-0.15, -0.1) is 0 Å². The van der Waals surface area contributed by atoms with Gasteiger partial charge in [-0.1, -0.05) is 26.2 Å². The molecule has 1 aromatic heterocycles. The van der Waals surface area contributed by atoms with Crippen LogP contribution in [0.5, 0.6) is 5.88 Å². The van der Waals surface area contributed by atoms with Crippen LogP contribution < -0.4 is 10.5 Å². The van der Waals surface area contributed by atoms with Gasteiger partial charge in [-0.2, -0.15) is 4.98 Å². The van der Waals surface area contributed by atoms with Crippen LogP contribution in [0.4, 0.5) is 11.6 Å². The predicted octanol–water partition coefficient (Wildman–Crippen LogP) is 3.01. The van der Waals surface area contributed by atoms with Gasteiger partial charge >= 0.3 is 5.69 Å². The molecule has 1 heterocycles. The highest BCUT2D eigenvalue weighted by molar-refractivity contribution is 5.47. The van der Waals surface area contributed by atoms with Gasteiger partial charge in [-0.25, -0.2) is 4.98 Å². The van der Waals surface area contributed by atoms with Crippen LogP contribution in [0, 0.1) is 17.0 Å². The fourth-order valence-corrected chi connectivity index (χ4v) is 1.96. The highest BCUT2D eigenvalue weighted by Crippen LogP contribution is 2.29. The van der Waals surface area contributed by atoms with Crippen molar-refractivity contribution < 1.29 is 9.66 Å². The maximum Gasteiger partial charge on any atom is 0.352 e. The first-order valence-corrected chi connectivity index (χ1v) is 6.90. The molecule has 7 nitrogen and oxygen atoms in total. The van der Waals surface area contributed by atoms with Crippen molar-refractivity contribution in [3.05, 3.63) is 15.8 Å². The zero-order valence-corrected chi connectivity index (χ0v) is 12.3. The largest absolute Gasteiger partial charge is 0.470 e. The summed E-state index contributed by atoms with van der Waals surface area (Å²) in [6, 6.07) is 0. The SMILES string of the molecule is CCCCCCC(C)Oc1nc(N)nc(C)c1[N+](=O)[O-]. The van der Waals surface area contributed by atoms with Crippen molar-refractivity contribution in [2.24, 2.45) is 0 Å². The Morgan fingerprint density at radius 3 is 2.65 bits per heavy atom. The molecule has 0 radical (unpaired) electrons. The molecule has 0 amide bonds. The first-order chi connectivity index (χ1) is 9.45. The van der Waals surface area contributed by atoms with Crippen molar-refractivity contribution in [3.8, 4) is 5.88 Å². The van der Waals surface area contributed by atoms with Crippen molar-refractivity contribution in [1.82, 2.24) is 9.97 Å². The molecule has 7 heteroatoms. The quantitative estimate of drug-likeness (QED) is 0.446. The minimum Gasteiger partial charge on any atom is -0.470 e. The van der Waals surface area contributed by atoms with E-state index in [1.54, 1.807) is 0 Å². The maximum absolute atomic E-state index is 11.0. The van der Waals surface area contributed by atoms with E-state index in [4.69, 9.17) is 10.5 Å². The molecule has 0 aromatic carbocycles. The standard InChI is InChI=1S/C13H22N4O3/c1-4-5-6-7-8-9(2)20-12-11(17(18)19)10(3)15-13(14)16-12/h9H,4-8H2,1-3H3,(H2,14,15,16). The first-order valence-electron chi connectivity index (χ1n) is 6.90. The maximum atomic E-state index is 11.0. The Balaban J connectivity index is 2.73. The molecular formula is C13H22N4O3. The summed E-state index contributed by atoms with van der Waals surface area (Å²) in [6.45, 7) is 5.55. The molecule has 1 unspecified atom stereocenters. The molecular weight excluding hydrogens is 260 g/mol. The number of rotatable bonds is 8. The molecule has 1 rings (SSSR count). The highest BCUT2D eigenvalue weighted by Gasteiger charge is 2.24. The van der Waals surface area contributed by atoms with E-state index in [0.717, 1.165) is 19.3 Å². The van der Waals surface area contributed by atoms with Gasteiger partial charge in [0.15, 0.2) is 0 Å². The lowest BCUT2D eigenvalue weighted by atomic mass is 10.1. The molecule has 0 spiro atoms. The highest BCUT2D eigenvalue weighted by atomic mass is 16.6. The summed E-state index contributed by atoms with van der Waals surface area (Å²) in [6.07, 6.45) is 5.22. The van der Waals surface area contributed by atoms with E-state index in [1.807, 2.05) is 6.92 Å². The van der Waals surface area contributed by atoms with Crippen LogP contribution in [0.15, 0.2) is 0 Å². The van der Waals surface area contributed by atoms with Crippen LogP contribution >= 0.6 is 0 Å². The number of nitrogens with two attached hydrogens (primary N) is 1. The molecule has 0 bridgehead atoms. The lowest BCUT2D eigenvalue weighted by molar-refractivity contribution is -0.387. The molecule has 0 fully saturated rings. The lowest BCUT2D eigenvalue weighted by Gasteiger charge is -2.14. The Labute approximate surface area is 118 Å². The Morgan fingerprint density at radius 1 is 1.35 bits per heavy atom. The van der Waals surface area contributed by atoms with Crippen molar-refractivity contribution in [3.63, 3.8) is 0 Å². The van der Waals surface area contributed by atoms with Gasteiger partial charge in [0.1, 0.15) is 5.69 Å². The number of nitro groups is 1. The second kappa shape index (κ2) is 7.62. The zero-order chi connectivity index (χ0) is 15.1. The lowest BCUT2D eigenvalue weighted by Crippen LogP contribution is -2.15. The fraction of sp³-hybridized carbons (Fsp3) is 0.692. The van der Waals surface area contributed by atoms with E-state index in [-0.39, 0.29) is 29.3 Å². The number of nitrogen functional groups attached to an aromatic ring is 1. The summed E-state index contributed by atoms with van der Waals surface area (Å²) in [5.74, 6) is -0.0516. The second-order valence-corrected chi connectivity index (χ2v) is 4.86. The minimum absolute atomic E-state index is 0.0127. The molecule has 0 saturated carbocycles. The van der Waals surface area contributed by atoms with E-state index in [2.05, 4.69) is 16.9 Å². The summed E-state index contributed by atoms with van der Waals surface area (Å²) in [5.41, 5.74) is 5.53. The van der Waals surface area contributed by atoms with Gasteiger partial charge < -0.3 is 10.5 Å². The Kier molecular flexibility index (Phi) is 6.14. The summed E-state index contributed by atoms with van der Waals surface area (Å²) in [7, 11) is 0. The average Bonchev–Trinajstić information content (AvgIpc) is 2.33. The average molecular weight is 282 g/mol. The minimum atomic E-state index is -0.534. The van der Waals surface area contributed by atoms with E-state index in [0.29, 0.717) is 0 Å². The van der Waals surface area contributed by atoms with Gasteiger partial charge in [-0.3, -0.25) is 10.1 Å². The molecule has 0 saturated heterocycles. The van der Waals surface area contributed by atoms with Crippen molar-refractivity contribution in [2.75, 3.05) is 5.73 Å². The van der Waals surface area contributed by atoms with Gasteiger partial charge in [0, 0.05) is 0 Å². The van der Waals surface area contributed by atoms with Crippen LogP contribution in [0.3, 0.4) is 0 Å². The number of aryl methyl sites for hydroxylation is 1. The molecule has 0 aliphatic heterocycles. The molecule has 1 atom stereocenters.